The molecule has 2 aromatic rings. The van der Waals surface area contributed by atoms with Crippen LogP contribution in [0.25, 0.3) is 10.9 Å². The summed E-state index contributed by atoms with van der Waals surface area (Å²) in [6, 6.07) is 1.59. The Morgan fingerprint density at radius 1 is 1.40 bits per heavy atom. The predicted molar refractivity (Wildman–Crippen MR) is 113 cm³/mol. The van der Waals surface area contributed by atoms with Gasteiger partial charge in [-0.05, 0) is 39.7 Å². The number of rotatable bonds is 5. The Balaban J connectivity index is 1.57. The van der Waals surface area contributed by atoms with E-state index in [4.69, 9.17) is 14.9 Å². The van der Waals surface area contributed by atoms with Crippen LogP contribution in [0.1, 0.15) is 33.6 Å². The van der Waals surface area contributed by atoms with Crippen molar-refractivity contribution < 1.29 is 14.3 Å². The number of likely N-dealkylation sites (tertiary alicyclic amines) is 1. The fourth-order valence-corrected chi connectivity index (χ4v) is 2.99. The summed E-state index contributed by atoms with van der Waals surface area (Å²) in [5.41, 5.74) is -0.451. The fraction of sp³-hybridized carbons (Fsp3) is 0.500. The molecule has 160 valence electrons. The number of hydrogen-bond acceptors (Lipinski definition) is 8. The van der Waals surface area contributed by atoms with E-state index in [1.807, 2.05) is 20.8 Å². The lowest BCUT2D eigenvalue weighted by Gasteiger charge is -2.32. The van der Waals surface area contributed by atoms with Gasteiger partial charge in [0.15, 0.2) is 6.10 Å². The Kier molecular flexibility index (Phi) is 6.43. The van der Waals surface area contributed by atoms with Crippen LogP contribution in [0.3, 0.4) is 0 Å². The first-order valence-corrected chi connectivity index (χ1v) is 9.77. The summed E-state index contributed by atoms with van der Waals surface area (Å²) in [4.78, 5) is 41.1. The quantitative estimate of drug-likeness (QED) is 0.720. The number of H-pyrrole nitrogens is 1. The summed E-state index contributed by atoms with van der Waals surface area (Å²) in [6.45, 7) is 6.63. The Bertz CT molecular complexity index is 989. The van der Waals surface area contributed by atoms with E-state index in [9.17, 15) is 9.59 Å². The van der Waals surface area contributed by atoms with Gasteiger partial charge < -0.3 is 19.8 Å². The molecular formula is C20H26N6O4. The number of carbonyl (C=O) groups excluding carboxylic acids is 1. The lowest BCUT2D eigenvalue weighted by molar-refractivity contribution is 0.0207. The number of carbonyl (C=O) groups is 1. The molecule has 10 heteroatoms. The molecule has 0 bridgehead atoms. The van der Waals surface area contributed by atoms with Crippen molar-refractivity contribution >= 4 is 29.4 Å². The van der Waals surface area contributed by atoms with E-state index in [-0.39, 0.29) is 23.7 Å². The molecular weight excluding hydrogens is 388 g/mol. The van der Waals surface area contributed by atoms with Gasteiger partial charge in [-0.15, -0.1) is 0 Å². The Hall–Kier alpha value is -3.30. The SMILES string of the molecule is CC(C)(C)OC(=O)N1CCC(N=CC(C=N)Oc2nc3cnccc3c(=O)[nH]2)CC1. The second-order valence-electron chi connectivity index (χ2n) is 8.01. The molecule has 2 aromatic heterocycles. The first-order chi connectivity index (χ1) is 14.2. The number of aliphatic imine (C=N–C) groups is 1. The summed E-state index contributed by atoms with van der Waals surface area (Å²) in [6.07, 6.45) is 5.89. The summed E-state index contributed by atoms with van der Waals surface area (Å²) in [5, 5.41) is 7.98. The highest BCUT2D eigenvalue weighted by Gasteiger charge is 2.26. The molecule has 1 fully saturated rings. The van der Waals surface area contributed by atoms with Crippen LogP contribution < -0.4 is 10.3 Å². The van der Waals surface area contributed by atoms with Gasteiger partial charge in [-0.1, -0.05) is 0 Å². The molecule has 10 nitrogen and oxygen atoms in total. The monoisotopic (exact) mass is 414 g/mol. The molecule has 0 saturated carbocycles. The maximum Gasteiger partial charge on any atom is 0.410 e. The first kappa shape index (κ1) is 21.4. The summed E-state index contributed by atoms with van der Waals surface area (Å²) in [5.74, 6) is 0. The lowest BCUT2D eigenvalue weighted by atomic mass is 10.1. The third-order valence-electron chi connectivity index (χ3n) is 4.46. The van der Waals surface area contributed by atoms with Crippen molar-refractivity contribution in [3.63, 3.8) is 0 Å². The highest BCUT2D eigenvalue weighted by Crippen LogP contribution is 2.17. The first-order valence-electron chi connectivity index (χ1n) is 9.77. The van der Waals surface area contributed by atoms with Crippen molar-refractivity contribution in [3.05, 3.63) is 28.8 Å². The minimum Gasteiger partial charge on any atom is -0.450 e. The van der Waals surface area contributed by atoms with E-state index in [2.05, 4.69) is 19.9 Å². The number of pyridine rings is 1. The lowest BCUT2D eigenvalue weighted by Crippen LogP contribution is -2.42. The van der Waals surface area contributed by atoms with E-state index in [1.165, 1.54) is 18.6 Å². The molecule has 1 saturated heterocycles. The molecule has 0 radical (unpaired) electrons. The normalized spacial score (nSPS) is 16.6. The Labute approximate surface area is 173 Å². The van der Waals surface area contributed by atoms with Gasteiger partial charge in [-0.25, -0.2) is 4.79 Å². The minimum atomic E-state index is -0.772. The highest BCUT2D eigenvalue weighted by atomic mass is 16.6. The van der Waals surface area contributed by atoms with Gasteiger partial charge in [0.2, 0.25) is 0 Å². The molecule has 2 N–H and O–H groups in total. The van der Waals surface area contributed by atoms with Crippen LogP contribution in [0, 0.1) is 5.41 Å². The number of hydrogen-bond donors (Lipinski definition) is 2. The molecule has 0 aliphatic carbocycles. The van der Waals surface area contributed by atoms with E-state index in [1.54, 1.807) is 11.0 Å². The van der Waals surface area contributed by atoms with E-state index >= 15 is 0 Å². The molecule has 0 spiro atoms. The van der Waals surface area contributed by atoms with Crippen molar-refractivity contribution in [2.24, 2.45) is 4.99 Å². The van der Waals surface area contributed by atoms with Gasteiger partial charge in [-0.2, -0.15) is 4.98 Å². The number of amides is 1. The average molecular weight is 414 g/mol. The van der Waals surface area contributed by atoms with E-state index in [0.29, 0.717) is 36.8 Å². The largest absolute Gasteiger partial charge is 0.450 e. The van der Waals surface area contributed by atoms with Crippen LogP contribution in [-0.4, -0.2) is 69.2 Å². The molecule has 3 heterocycles. The highest BCUT2D eigenvalue weighted by molar-refractivity contribution is 5.85. The molecule has 1 amide bonds. The van der Waals surface area contributed by atoms with Gasteiger partial charge in [0.05, 0.1) is 23.1 Å². The number of aromatic nitrogens is 3. The van der Waals surface area contributed by atoms with Gasteiger partial charge >= 0.3 is 6.09 Å². The molecule has 1 aliphatic heterocycles. The van der Waals surface area contributed by atoms with Crippen LogP contribution in [0.4, 0.5) is 4.79 Å². The zero-order chi connectivity index (χ0) is 21.7. The Morgan fingerprint density at radius 3 is 2.80 bits per heavy atom. The third kappa shape index (κ3) is 5.62. The van der Waals surface area contributed by atoms with Crippen molar-refractivity contribution in [2.45, 2.75) is 51.4 Å². The van der Waals surface area contributed by atoms with Crippen LogP contribution in [0.5, 0.6) is 6.01 Å². The fourth-order valence-electron chi connectivity index (χ4n) is 2.99. The number of ether oxygens (including phenoxy) is 2. The van der Waals surface area contributed by atoms with Crippen molar-refractivity contribution in [1.29, 1.82) is 5.41 Å². The molecule has 1 unspecified atom stereocenters. The number of fused-ring (bicyclic) bond motifs is 1. The molecule has 1 atom stereocenters. The predicted octanol–water partition coefficient (Wildman–Crippen LogP) is 2.19. The topological polar surface area (TPSA) is 134 Å². The van der Waals surface area contributed by atoms with Crippen molar-refractivity contribution in [3.8, 4) is 6.01 Å². The van der Waals surface area contributed by atoms with Gasteiger partial charge in [0.25, 0.3) is 11.6 Å². The summed E-state index contributed by atoms with van der Waals surface area (Å²) >= 11 is 0. The maximum atomic E-state index is 12.1. The number of aromatic amines is 1. The van der Waals surface area contributed by atoms with E-state index in [0.717, 1.165) is 6.21 Å². The second kappa shape index (κ2) is 9.02. The summed E-state index contributed by atoms with van der Waals surface area (Å²) in [7, 11) is 0. The van der Waals surface area contributed by atoms with Crippen LogP contribution in [0.2, 0.25) is 0 Å². The zero-order valence-electron chi connectivity index (χ0n) is 17.3. The standard InChI is InChI=1S/C20H26N6O4/c1-20(2,3)30-19(28)26-8-5-13(6-9-26)23-11-14(10-21)29-18-24-16-12-22-7-4-15(16)17(27)25-18/h4,7,10-14,21H,5-6,8-9H2,1-3H3,(H,24,25,27). The summed E-state index contributed by atoms with van der Waals surface area (Å²) < 4.78 is 11.0. The smallest absolute Gasteiger partial charge is 0.410 e. The number of piperidine rings is 1. The van der Waals surface area contributed by atoms with Crippen LogP contribution >= 0.6 is 0 Å². The molecule has 0 aromatic carbocycles. The van der Waals surface area contributed by atoms with Crippen LogP contribution in [0.15, 0.2) is 28.2 Å². The third-order valence-corrected chi connectivity index (χ3v) is 4.46. The molecule has 1 aliphatic rings. The van der Waals surface area contributed by atoms with Crippen molar-refractivity contribution in [2.75, 3.05) is 13.1 Å². The van der Waals surface area contributed by atoms with E-state index < -0.39 is 11.7 Å². The van der Waals surface area contributed by atoms with Crippen molar-refractivity contribution in [1.82, 2.24) is 19.9 Å². The van der Waals surface area contributed by atoms with Gasteiger partial charge in [0.1, 0.15) is 5.60 Å². The van der Waals surface area contributed by atoms with Gasteiger partial charge in [-0.3, -0.25) is 19.8 Å². The molecule has 30 heavy (non-hydrogen) atoms. The average Bonchev–Trinajstić information content (AvgIpc) is 2.70. The maximum absolute atomic E-state index is 12.1. The number of nitrogens with zero attached hydrogens (tertiary/aromatic N) is 4. The molecule has 3 rings (SSSR count). The minimum absolute atomic E-state index is 0.000181. The second-order valence-corrected chi connectivity index (χ2v) is 8.01. The van der Waals surface area contributed by atoms with Gasteiger partial charge in [0, 0.05) is 31.7 Å². The number of nitrogens with one attached hydrogen (secondary N) is 2. The Morgan fingerprint density at radius 2 is 2.13 bits per heavy atom. The van der Waals surface area contributed by atoms with Crippen LogP contribution in [-0.2, 0) is 4.74 Å². The zero-order valence-corrected chi connectivity index (χ0v) is 17.3.